The van der Waals surface area contributed by atoms with Crippen LogP contribution in [0.1, 0.15) is 11.4 Å². The molecule has 0 radical (unpaired) electrons. The van der Waals surface area contributed by atoms with Crippen molar-refractivity contribution in [1.29, 1.82) is 5.26 Å². The van der Waals surface area contributed by atoms with Crippen LogP contribution in [0.5, 0.6) is 0 Å². The first-order valence-corrected chi connectivity index (χ1v) is 5.72. The fourth-order valence-corrected chi connectivity index (χ4v) is 1.90. The minimum Gasteiger partial charge on any atom is -0.353 e. The molecule has 0 aliphatic carbocycles. The van der Waals surface area contributed by atoms with Crippen LogP contribution in [0.2, 0.25) is 5.02 Å². The molecular weight excluding hydrogens is 250 g/mol. The van der Waals surface area contributed by atoms with Crippen LogP contribution in [0.3, 0.4) is 0 Å². The summed E-state index contributed by atoms with van der Waals surface area (Å²) in [7, 11) is 3.86. The topological polar surface area (TPSA) is 57.7 Å². The predicted octanol–water partition coefficient (Wildman–Crippen LogP) is 1.98. The van der Waals surface area contributed by atoms with Gasteiger partial charge in [-0.05, 0) is 6.07 Å². The Labute approximate surface area is 110 Å². The Hall–Kier alpha value is -2.06. The summed E-state index contributed by atoms with van der Waals surface area (Å²) >= 11 is 5.93. The highest BCUT2D eigenvalue weighted by Crippen LogP contribution is 2.16. The second-order valence-corrected chi connectivity index (χ2v) is 4.42. The lowest BCUT2D eigenvalue weighted by Gasteiger charge is -2.17. The van der Waals surface area contributed by atoms with E-state index in [1.54, 1.807) is 6.20 Å². The van der Waals surface area contributed by atoms with Gasteiger partial charge >= 0.3 is 0 Å². The van der Waals surface area contributed by atoms with Gasteiger partial charge in [-0.15, -0.1) is 0 Å². The van der Waals surface area contributed by atoms with Gasteiger partial charge in [-0.1, -0.05) is 11.6 Å². The standard InChI is InChI=1S/C12H12ClN5/c1-17-7-9(13)3-11(17)8-18(2)12-6-15-10(4-14)5-16-12/h3,5-7H,8H2,1-2H3. The zero-order valence-corrected chi connectivity index (χ0v) is 10.9. The second-order valence-electron chi connectivity index (χ2n) is 3.99. The molecule has 6 heteroatoms. The first-order chi connectivity index (χ1) is 8.60. The van der Waals surface area contributed by atoms with E-state index in [2.05, 4.69) is 9.97 Å². The lowest BCUT2D eigenvalue weighted by atomic mass is 10.4. The van der Waals surface area contributed by atoms with Crippen LogP contribution in [-0.4, -0.2) is 21.6 Å². The third kappa shape index (κ3) is 2.60. The van der Waals surface area contributed by atoms with Crippen molar-refractivity contribution in [3.8, 4) is 6.07 Å². The van der Waals surface area contributed by atoms with Gasteiger partial charge in [0.2, 0.25) is 0 Å². The molecule has 0 unspecified atom stereocenters. The van der Waals surface area contributed by atoms with Crippen molar-refractivity contribution < 1.29 is 0 Å². The van der Waals surface area contributed by atoms with E-state index in [0.29, 0.717) is 23.1 Å². The second kappa shape index (κ2) is 5.07. The Kier molecular flexibility index (Phi) is 3.49. The van der Waals surface area contributed by atoms with E-state index in [1.165, 1.54) is 6.20 Å². The number of aryl methyl sites for hydroxylation is 1. The van der Waals surface area contributed by atoms with Gasteiger partial charge in [0.1, 0.15) is 11.9 Å². The maximum atomic E-state index is 8.66. The van der Waals surface area contributed by atoms with Crippen LogP contribution in [0.4, 0.5) is 5.82 Å². The molecule has 0 saturated carbocycles. The van der Waals surface area contributed by atoms with Crippen molar-refractivity contribution in [3.63, 3.8) is 0 Å². The lowest BCUT2D eigenvalue weighted by molar-refractivity contribution is 0.780. The Morgan fingerprint density at radius 1 is 1.44 bits per heavy atom. The van der Waals surface area contributed by atoms with Crippen molar-refractivity contribution in [3.05, 3.63) is 41.1 Å². The molecule has 0 spiro atoms. The van der Waals surface area contributed by atoms with Gasteiger partial charge in [0, 0.05) is 26.0 Å². The number of anilines is 1. The maximum absolute atomic E-state index is 8.66. The van der Waals surface area contributed by atoms with Gasteiger partial charge in [-0.3, -0.25) is 0 Å². The van der Waals surface area contributed by atoms with E-state index in [-0.39, 0.29) is 0 Å². The molecule has 0 aromatic carbocycles. The van der Waals surface area contributed by atoms with Crippen molar-refractivity contribution in [1.82, 2.24) is 14.5 Å². The molecule has 0 N–H and O–H groups in total. The Balaban J connectivity index is 2.14. The minimum absolute atomic E-state index is 0.314. The lowest BCUT2D eigenvalue weighted by Crippen LogP contribution is -2.19. The Morgan fingerprint density at radius 2 is 2.22 bits per heavy atom. The van der Waals surface area contributed by atoms with Crippen molar-refractivity contribution >= 4 is 17.4 Å². The summed E-state index contributed by atoms with van der Waals surface area (Å²) < 4.78 is 1.97. The third-order valence-corrected chi connectivity index (χ3v) is 2.82. The zero-order chi connectivity index (χ0) is 13.1. The molecule has 2 heterocycles. The van der Waals surface area contributed by atoms with Gasteiger partial charge in [0.25, 0.3) is 0 Å². The molecule has 2 aromatic rings. The summed E-state index contributed by atoms with van der Waals surface area (Å²) in [5.74, 6) is 0.714. The highest BCUT2D eigenvalue weighted by Gasteiger charge is 2.08. The minimum atomic E-state index is 0.314. The van der Waals surface area contributed by atoms with Gasteiger partial charge < -0.3 is 9.47 Å². The highest BCUT2D eigenvalue weighted by atomic mass is 35.5. The van der Waals surface area contributed by atoms with Crippen molar-refractivity contribution in [2.75, 3.05) is 11.9 Å². The highest BCUT2D eigenvalue weighted by molar-refractivity contribution is 6.30. The van der Waals surface area contributed by atoms with E-state index in [0.717, 1.165) is 5.69 Å². The maximum Gasteiger partial charge on any atom is 0.158 e. The van der Waals surface area contributed by atoms with E-state index in [9.17, 15) is 0 Å². The van der Waals surface area contributed by atoms with Crippen LogP contribution in [0.15, 0.2) is 24.7 Å². The average molecular weight is 262 g/mol. The smallest absolute Gasteiger partial charge is 0.158 e. The van der Waals surface area contributed by atoms with Gasteiger partial charge in [0.05, 0.1) is 24.0 Å². The molecule has 0 aliphatic rings. The Bertz CT molecular complexity index is 582. The average Bonchev–Trinajstić information content (AvgIpc) is 2.68. The molecule has 2 aromatic heterocycles. The molecule has 18 heavy (non-hydrogen) atoms. The largest absolute Gasteiger partial charge is 0.353 e. The third-order valence-electron chi connectivity index (χ3n) is 2.62. The molecule has 2 rings (SSSR count). The van der Waals surface area contributed by atoms with E-state index in [1.807, 2.05) is 41.9 Å². The van der Waals surface area contributed by atoms with Gasteiger partial charge in [-0.25, -0.2) is 9.97 Å². The Morgan fingerprint density at radius 3 is 2.72 bits per heavy atom. The number of rotatable bonds is 3. The molecule has 0 fully saturated rings. The number of nitriles is 1. The summed E-state index contributed by atoms with van der Waals surface area (Å²) in [6, 6.07) is 3.85. The number of hydrogen-bond acceptors (Lipinski definition) is 4. The summed E-state index contributed by atoms with van der Waals surface area (Å²) in [4.78, 5) is 10.1. The number of nitrogens with zero attached hydrogens (tertiary/aromatic N) is 5. The fourth-order valence-electron chi connectivity index (χ4n) is 1.62. The fraction of sp³-hybridized carbons (Fsp3) is 0.250. The molecule has 0 atom stereocenters. The first kappa shape index (κ1) is 12.4. The van der Waals surface area contributed by atoms with Gasteiger partial charge in [0.15, 0.2) is 5.69 Å². The summed E-state index contributed by atoms with van der Waals surface area (Å²) in [5, 5.41) is 9.37. The van der Waals surface area contributed by atoms with E-state index < -0.39 is 0 Å². The van der Waals surface area contributed by atoms with E-state index in [4.69, 9.17) is 16.9 Å². The van der Waals surface area contributed by atoms with E-state index >= 15 is 0 Å². The first-order valence-electron chi connectivity index (χ1n) is 5.34. The van der Waals surface area contributed by atoms with Crippen molar-refractivity contribution in [2.45, 2.75) is 6.54 Å². The molecule has 0 saturated heterocycles. The molecular formula is C12H12ClN5. The molecule has 5 nitrogen and oxygen atoms in total. The molecule has 0 bridgehead atoms. The monoisotopic (exact) mass is 261 g/mol. The summed E-state index contributed by atoms with van der Waals surface area (Å²) in [6.07, 6.45) is 4.90. The normalized spacial score (nSPS) is 10.1. The molecule has 0 aliphatic heterocycles. The predicted molar refractivity (Wildman–Crippen MR) is 69.3 cm³/mol. The quantitative estimate of drug-likeness (QED) is 0.848. The van der Waals surface area contributed by atoms with Crippen LogP contribution in [-0.2, 0) is 13.6 Å². The zero-order valence-electron chi connectivity index (χ0n) is 10.1. The molecule has 92 valence electrons. The van der Waals surface area contributed by atoms with Crippen LogP contribution < -0.4 is 4.90 Å². The number of halogens is 1. The van der Waals surface area contributed by atoms with Crippen LogP contribution >= 0.6 is 11.6 Å². The molecule has 0 amide bonds. The number of aromatic nitrogens is 3. The van der Waals surface area contributed by atoms with Crippen LogP contribution in [0, 0.1) is 11.3 Å². The number of hydrogen-bond donors (Lipinski definition) is 0. The van der Waals surface area contributed by atoms with Crippen molar-refractivity contribution in [2.24, 2.45) is 7.05 Å². The van der Waals surface area contributed by atoms with Gasteiger partial charge in [-0.2, -0.15) is 5.26 Å². The summed E-state index contributed by atoms with van der Waals surface area (Å²) in [6.45, 7) is 0.670. The van der Waals surface area contributed by atoms with Crippen LogP contribution in [0.25, 0.3) is 0 Å². The SMILES string of the molecule is CN(Cc1cc(Cl)cn1C)c1cnc(C#N)cn1. The summed E-state index contributed by atoms with van der Waals surface area (Å²) in [5.41, 5.74) is 1.39.